The van der Waals surface area contributed by atoms with Gasteiger partial charge >= 0.3 is 11.9 Å². The number of allylic oxidation sites excluding steroid dienone is 1. The molecule has 250 valence electrons. The molecule has 0 spiro atoms. The quantitative estimate of drug-likeness (QED) is 0.123. The predicted molar refractivity (Wildman–Crippen MR) is 187 cm³/mol. The van der Waals surface area contributed by atoms with Gasteiger partial charge in [-0.1, -0.05) is 66.7 Å². The van der Waals surface area contributed by atoms with Gasteiger partial charge in [-0.2, -0.15) is 0 Å². The van der Waals surface area contributed by atoms with Gasteiger partial charge in [-0.3, -0.25) is 9.69 Å². The highest BCUT2D eigenvalue weighted by molar-refractivity contribution is 5.89. The van der Waals surface area contributed by atoms with Crippen molar-refractivity contribution < 1.29 is 23.8 Å². The van der Waals surface area contributed by atoms with E-state index < -0.39 is 0 Å². The van der Waals surface area contributed by atoms with Crippen LogP contribution in [0.2, 0.25) is 0 Å². The van der Waals surface area contributed by atoms with Crippen molar-refractivity contribution >= 4 is 18.0 Å². The number of benzene rings is 3. The lowest BCUT2D eigenvalue weighted by atomic mass is 9.82. The molecule has 2 aliphatic carbocycles. The van der Waals surface area contributed by atoms with Crippen LogP contribution in [-0.4, -0.2) is 50.8 Å². The van der Waals surface area contributed by atoms with Crippen molar-refractivity contribution in [3.8, 4) is 5.75 Å². The van der Waals surface area contributed by atoms with E-state index in [1.807, 2.05) is 12.1 Å². The largest absolute Gasteiger partial charge is 0.493 e. The fraction of sp³-hybridized carbons (Fsp3) is 0.463. The van der Waals surface area contributed by atoms with Crippen LogP contribution in [-0.2, 0) is 27.1 Å². The fourth-order valence-corrected chi connectivity index (χ4v) is 7.20. The second-order valence-electron chi connectivity index (χ2n) is 13.1. The zero-order valence-electron chi connectivity index (χ0n) is 28.2. The third-order valence-electron chi connectivity index (χ3n) is 9.96. The number of hydrogen-bond acceptors (Lipinski definition) is 6. The van der Waals surface area contributed by atoms with E-state index in [2.05, 4.69) is 77.7 Å². The Hall–Kier alpha value is -3.90. The summed E-state index contributed by atoms with van der Waals surface area (Å²) in [6.45, 7) is 2.55. The number of nitrogens with zero attached hydrogens (tertiary/aromatic N) is 1. The molecule has 0 amide bonds. The van der Waals surface area contributed by atoms with E-state index in [1.165, 1.54) is 62.2 Å². The number of aryl methyl sites for hydroxylation is 1. The highest BCUT2D eigenvalue weighted by Gasteiger charge is 2.27. The second kappa shape index (κ2) is 17.9. The topological polar surface area (TPSA) is 65.1 Å². The first-order chi connectivity index (χ1) is 23.0. The first-order valence-corrected chi connectivity index (χ1v) is 17.5. The minimum absolute atomic E-state index is 0.155. The molecule has 0 N–H and O–H groups in total. The normalized spacial score (nSPS) is 19.3. The predicted octanol–water partition coefficient (Wildman–Crippen LogP) is 8.64. The van der Waals surface area contributed by atoms with Crippen molar-refractivity contribution in [2.75, 3.05) is 33.9 Å². The summed E-state index contributed by atoms with van der Waals surface area (Å²) < 4.78 is 16.4. The number of unbranched alkanes of at least 4 members (excludes halogenated alkanes) is 1. The number of para-hydroxylation sites is 1. The summed E-state index contributed by atoms with van der Waals surface area (Å²) in [5.41, 5.74) is 5.66. The molecule has 5 rings (SSSR count). The summed E-state index contributed by atoms with van der Waals surface area (Å²) in [6.07, 6.45) is 15.7. The number of esters is 2. The summed E-state index contributed by atoms with van der Waals surface area (Å²) in [4.78, 5) is 26.6. The standard InChI is InChI=1S/C41H51NO5/c1-45-40(43)17-8-9-27-42(38-15-10-14-35-29-36(41(44)46-2)24-25-37(35)38)28-26-34-13-6-7-16-39(34)47-30-33-22-20-32(21-23-33)19-18-31-11-4-3-5-12-31/h3-7,11-13,16,18-19,24-25,29,32-33,38H,8-10,14-15,17,20-23,26-28,30H2,1-2H3. The molecule has 47 heavy (non-hydrogen) atoms. The second-order valence-corrected chi connectivity index (χ2v) is 13.1. The van der Waals surface area contributed by atoms with Crippen LogP contribution in [0.5, 0.6) is 5.75 Å². The van der Waals surface area contributed by atoms with Crippen molar-refractivity contribution in [2.45, 2.75) is 76.7 Å². The molecule has 0 heterocycles. The van der Waals surface area contributed by atoms with Gasteiger partial charge in [-0.05, 0) is 123 Å². The number of carbonyl (C=O) groups excluding carboxylic acids is 2. The van der Waals surface area contributed by atoms with Crippen molar-refractivity contribution in [3.05, 3.63) is 107 Å². The number of methoxy groups -OCH3 is 2. The molecule has 0 bridgehead atoms. The van der Waals surface area contributed by atoms with Crippen LogP contribution in [0.3, 0.4) is 0 Å². The SMILES string of the molecule is COC(=O)CCCCN(CCc1ccccc1OCC1CCC(C=Cc2ccccc2)CC1)C1CCCc2cc(C(=O)OC)ccc21. The monoisotopic (exact) mass is 637 g/mol. The molecule has 1 fully saturated rings. The van der Waals surface area contributed by atoms with Crippen LogP contribution >= 0.6 is 0 Å². The van der Waals surface area contributed by atoms with E-state index in [1.54, 1.807) is 0 Å². The number of fused-ring (bicyclic) bond motifs is 1. The first-order valence-electron chi connectivity index (χ1n) is 17.5. The molecule has 0 saturated heterocycles. The summed E-state index contributed by atoms with van der Waals surface area (Å²) in [5, 5.41) is 0. The zero-order valence-corrected chi connectivity index (χ0v) is 28.2. The van der Waals surface area contributed by atoms with Crippen molar-refractivity contribution in [3.63, 3.8) is 0 Å². The van der Waals surface area contributed by atoms with Crippen molar-refractivity contribution in [2.24, 2.45) is 11.8 Å². The van der Waals surface area contributed by atoms with Gasteiger partial charge in [0, 0.05) is 19.0 Å². The zero-order chi connectivity index (χ0) is 32.8. The van der Waals surface area contributed by atoms with E-state index in [0.29, 0.717) is 23.8 Å². The fourth-order valence-electron chi connectivity index (χ4n) is 7.20. The van der Waals surface area contributed by atoms with Gasteiger partial charge < -0.3 is 14.2 Å². The third-order valence-corrected chi connectivity index (χ3v) is 9.96. The number of rotatable bonds is 15. The number of carbonyl (C=O) groups is 2. The third kappa shape index (κ3) is 10.0. The first kappa shape index (κ1) is 34.4. The molecule has 3 aromatic rings. The van der Waals surface area contributed by atoms with Gasteiger partial charge in [-0.25, -0.2) is 4.79 Å². The Morgan fingerprint density at radius 1 is 0.851 bits per heavy atom. The maximum absolute atomic E-state index is 12.2. The Morgan fingerprint density at radius 3 is 2.43 bits per heavy atom. The highest BCUT2D eigenvalue weighted by atomic mass is 16.5. The summed E-state index contributed by atoms with van der Waals surface area (Å²) in [5.74, 6) is 1.78. The van der Waals surface area contributed by atoms with Crippen LogP contribution in [0, 0.1) is 11.8 Å². The minimum atomic E-state index is -0.292. The van der Waals surface area contributed by atoms with E-state index >= 15 is 0 Å². The average molecular weight is 638 g/mol. The van der Waals surface area contributed by atoms with Crippen LogP contribution < -0.4 is 4.74 Å². The van der Waals surface area contributed by atoms with Crippen molar-refractivity contribution in [1.82, 2.24) is 4.90 Å². The van der Waals surface area contributed by atoms with Gasteiger partial charge in [0.1, 0.15) is 5.75 Å². The Morgan fingerprint density at radius 2 is 1.64 bits per heavy atom. The molecular weight excluding hydrogens is 586 g/mol. The van der Waals surface area contributed by atoms with Gasteiger partial charge in [0.05, 0.1) is 26.4 Å². The maximum Gasteiger partial charge on any atom is 0.337 e. The molecule has 0 radical (unpaired) electrons. The van der Waals surface area contributed by atoms with E-state index in [4.69, 9.17) is 14.2 Å². The summed E-state index contributed by atoms with van der Waals surface area (Å²) in [6, 6.07) is 25.4. The maximum atomic E-state index is 12.2. The van der Waals surface area contributed by atoms with Gasteiger partial charge in [0.25, 0.3) is 0 Å². The highest BCUT2D eigenvalue weighted by Crippen LogP contribution is 2.36. The van der Waals surface area contributed by atoms with E-state index in [0.717, 1.165) is 64.0 Å². The van der Waals surface area contributed by atoms with Crippen LogP contribution in [0.4, 0.5) is 0 Å². The van der Waals surface area contributed by atoms with E-state index in [-0.39, 0.29) is 18.0 Å². The number of hydrogen-bond donors (Lipinski definition) is 0. The summed E-state index contributed by atoms with van der Waals surface area (Å²) in [7, 11) is 2.88. The molecular formula is C41H51NO5. The van der Waals surface area contributed by atoms with Crippen molar-refractivity contribution in [1.29, 1.82) is 0 Å². The van der Waals surface area contributed by atoms with Crippen LogP contribution in [0.25, 0.3) is 6.08 Å². The van der Waals surface area contributed by atoms with E-state index in [9.17, 15) is 9.59 Å². The molecule has 0 aliphatic heterocycles. The van der Waals surface area contributed by atoms with Gasteiger partial charge in [0.2, 0.25) is 0 Å². The smallest absolute Gasteiger partial charge is 0.337 e. The molecule has 6 nitrogen and oxygen atoms in total. The Bertz CT molecular complexity index is 1460. The molecule has 1 unspecified atom stereocenters. The van der Waals surface area contributed by atoms with Gasteiger partial charge in [0.15, 0.2) is 0 Å². The summed E-state index contributed by atoms with van der Waals surface area (Å²) >= 11 is 0. The molecule has 3 aromatic carbocycles. The molecule has 2 aliphatic rings. The molecule has 1 saturated carbocycles. The van der Waals surface area contributed by atoms with Crippen LogP contribution in [0.1, 0.15) is 96.4 Å². The number of ether oxygens (including phenoxy) is 3. The lowest BCUT2D eigenvalue weighted by Crippen LogP contribution is -2.34. The Balaban J connectivity index is 1.20. The molecule has 0 aromatic heterocycles. The Labute approximate surface area is 281 Å². The molecule has 1 atom stereocenters. The van der Waals surface area contributed by atoms with Crippen LogP contribution in [0.15, 0.2) is 78.9 Å². The lowest BCUT2D eigenvalue weighted by molar-refractivity contribution is -0.140. The Kier molecular flexibility index (Phi) is 13.1. The minimum Gasteiger partial charge on any atom is -0.493 e. The molecule has 6 heteroatoms. The average Bonchev–Trinajstić information content (AvgIpc) is 3.13. The van der Waals surface area contributed by atoms with Gasteiger partial charge in [-0.15, -0.1) is 0 Å². The lowest BCUT2D eigenvalue weighted by Gasteiger charge is -2.36.